The molecule has 31 heavy (non-hydrogen) atoms. The van der Waals surface area contributed by atoms with Crippen molar-refractivity contribution in [3.8, 4) is 0 Å². The van der Waals surface area contributed by atoms with E-state index in [1.54, 1.807) is 16.8 Å². The molecule has 4 heterocycles. The first-order chi connectivity index (χ1) is 15.0. The summed E-state index contributed by atoms with van der Waals surface area (Å²) in [5, 5.41) is 12.8. The summed E-state index contributed by atoms with van der Waals surface area (Å²) in [5.41, 5.74) is 1.55. The Balaban J connectivity index is 1.47. The number of amides is 3. The van der Waals surface area contributed by atoms with E-state index in [0.717, 1.165) is 57.2 Å². The molecule has 3 amide bonds. The smallest absolute Gasteiger partial charge is 0.326 e. The predicted octanol–water partition coefficient (Wildman–Crippen LogP) is 1.26. The molecule has 2 aromatic heterocycles. The van der Waals surface area contributed by atoms with E-state index in [4.69, 9.17) is 4.98 Å². The molecule has 0 radical (unpaired) electrons. The van der Waals surface area contributed by atoms with Crippen molar-refractivity contribution < 1.29 is 9.59 Å². The summed E-state index contributed by atoms with van der Waals surface area (Å²) < 4.78 is 1.78. The molecule has 0 unspecified atom stereocenters. The summed E-state index contributed by atoms with van der Waals surface area (Å²) in [4.78, 5) is 33.1. The molecule has 3 fully saturated rings. The fourth-order valence-corrected chi connectivity index (χ4v) is 4.08. The minimum atomic E-state index is -0.517. The van der Waals surface area contributed by atoms with Gasteiger partial charge in [0.1, 0.15) is 17.3 Å². The summed E-state index contributed by atoms with van der Waals surface area (Å²) in [7, 11) is 0. The molecule has 1 aliphatic carbocycles. The molecule has 2 aromatic rings. The summed E-state index contributed by atoms with van der Waals surface area (Å²) >= 11 is 0. The average Bonchev–Trinajstić information content (AvgIpc) is 3.36. The van der Waals surface area contributed by atoms with Crippen LogP contribution in [0.3, 0.4) is 0 Å². The molecule has 3 N–H and O–H groups in total. The van der Waals surface area contributed by atoms with Gasteiger partial charge < -0.3 is 15.5 Å². The van der Waals surface area contributed by atoms with E-state index in [9.17, 15) is 9.59 Å². The second-order valence-electron chi connectivity index (χ2n) is 8.90. The molecule has 0 atom stereocenters. The molecule has 10 heteroatoms. The third-order valence-electron chi connectivity index (χ3n) is 5.75. The highest BCUT2D eigenvalue weighted by molar-refractivity contribution is 6.14. The van der Waals surface area contributed by atoms with Crippen LogP contribution in [0.5, 0.6) is 0 Å². The topological polar surface area (TPSA) is 107 Å². The number of anilines is 2. The molecule has 2 aliphatic heterocycles. The minimum absolute atomic E-state index is 0.200. The fraction of sp³-hybridized carbons (Fsp3) is 0.524. The third kappa shape index (κ3) is 4.20. The molecule has 10 nitrogen and oxygen atoms in total. The van der Waals surface area contributed by atoms with Crippen LogP contribution in [-0.4, -0.2) is 70.2 Å². The van der Waals surface area contributed by atoms with Crippen molar-refractivity contribution >= 4 is 35.3 Å². The van der Waals surface area contributed by atoms with Crippen LogP contribution < -0.4 is 20.9 Å². The SMILES string of the molecule is CC(C)CN1CCN(c2cc(NC3CC3)n3ncc(/C=C4\NC(=O)NC4=O)c3n2)CC1. The number of piperazine rings is 1. The van der Waals surface area contributed by atoms with Crippen molar-refractivity contribution in [2.24, 2.45) is 5.92 Å². The first-order valence-electron chi connectivity index (χ1n) is 10.9. The van der Waals surface area contributed by atoms with Gasteiger partial charge in [-0.3, -0.25) is 15.0 Å². The highest BCUT2D eigenvalue weighted by Gasteiger charge is 2.26. The van der Waals surface area contributed by atoms with Crippen molar-refractivity contribution in [2.75, 3.05) is 42.9 Å². The van der Waals surface area contributed by atoms with Crippen LogP contribution >= 0.6 is 0 Å². The lowest BCUT2D eigenvalue weighted by Crippen LogP contribution is -2.47. The van der Waals surface area contributed by atoms with Gasteiger partial charge in [0, 0.05) is 50.4 Å². The molecule has 1 saturated carbocycles. The zero-order chi connectivity index (χ0) is 21.5. The Hall–Kier alpha value is -3.14. The minimum Gasteiger partial charge on any atom is -0.367 e. The first-order valence-corrected chi connectivity index (χ1v) is 10.9. The molecule has 0 bridgehead atoms. The van der Waals surface area contributed by atoms with Crippen LogP contribution in [0.2, 0.25) is 0 Å². The molecule has 0 spiro atoms. The lowest BCUT2D eigenvalue weighted by atomic mass is 10.2. The third-order valence-corrected chi connectivity index (χ3v) is 5.75. The van der Waals surface area contributed by atoms with Crippen molar-refractivity contribution in [3.63, 3.8) is 0 Å². The zero-order valence-corrected chi connectivity index (χ0v) is 17.9. The van der Waals surface area contributed by atoms with Gasteiger partial charge in [-0.15, -0.1) is 0 Å². The van der Waals surface area contributed by atoms with Crippen molar-refractivity contribution in [1.82, 2.24) is 30.1 Å². The van der Waals surface area contributed by atoms with E-state index in [1.165, 1.54) is 0 Å². The lowest BCUT2D eigenvalue weighted by molar-refractivity contribution is -0.115. The van der Waals surface area contributed by atoms with E-state index >= 15 is 0 Å². The Bertz CT molecular complexity index is 1050. The number of hydrogen-bond donors (Lipinski definition) is 3. The summed E-state index contributed by atoms with van der Waals surface area (Å²) in [6, 6.07) is 2.01. The van der Waals surface area contributed by atoms with Crippen LogP contribution in [0, 0.1) is 5.92 Å². The number of carbonyl (C=O) groups is 2. The van der Waals surface area contributed by atoms with Gasteiger partial charge in [-0.25, -0.2) is 9.78 Å². The number of hydrogen-bond acceptors (Lipinski definition) is 7. The van der Waals surface area contributed by atoms with Crippen molar-refractivity contribution in [3.05, 3.63) is 23.5 Å². The predicted molar refractivity (Wildman–Crippen MR) is 118 cm³/mol. The van der Waals surface area contributed by atoms with Gasteiger partial charge >= 0.3 is 6.03 Å². The number of nitrogens with one attached hydrogen (secondary N) is 3. The zero-order valence-electron chi connectivity index (χ0n) is 17.9. The Morgan fingerprint density at radius 1 is 1.19 bits per heavy atom. The maximum Gasteiger partial charge on any atom is 0.326 e. The van der Waals surface area contributed by atoms with Gasteiger partial charge in [0.2, 0.25) is 0 Å². The maximum absolute atomic E-state index is 12.0. The van der Waals surface area contributed by atoms with Gasteiger partial charge in [-0.2, -0.15) is 9.61 Å². The highest BCUT2D eigenvalue weighted by atomic mass is 16.2. The van der Waals surface area contributed by atoms with Crippen LogP contribution in [0.4, 0.5) is 16.4 Å². The standard InChI is InChI=1S/C21H28N8O2/c1-13(2)12-27-5-7-28(8-6-27)17-10-18(23-15-3-4-15)29-19(25-17)14(11-22-29)9-16-20(30)26-21(31)24-16/h9-11,13,15,23H,3-8,12H2,1-2H3,(H2,24,26,30,31)/b16-9-. The molecule has 2 saturated heterocycles. The van der Waals surface area contributed by atoms with E-state index in [2.05, 4.69) is 50.8 Å². The van der Waals surface area contributed by atoms with Gasteiger partial charge in [0.15, 0.2) is 5.65 Å². The summed E-state index contributed by atoms with van der Waals surface area (Å²) in [6.07, 6.45) is 5.60. The van der Waals surface area contributed by atoms with Crippen LogP contribution in [0.25, 0.3) is 11.7 Å². The second-order valence-corrected chi connectivity index (χ2v) is 8.90. The number of urea groups is 1. The lowest BCUT2D eigenvalue weighted by Gasteiger charge is -2.36. The quantitative estimate of drug-likeness (QED) is 0.473. The molecule has 0 aromatic carbocycles. The van der Waals surface area contributed by atoms with Gasteiger partial charge in [0.05, 0.1) is 6.20 Å². The number of nitrogens with zero attached hydrogens (tertiary/aromatic N) is 5. The number of aromatic nitrogens is 3. The van der Waals surface area contributed by atoms with Crippen LogP contribution in [-0.2, 0) is 4.79 Å². The average molecular weight is 425 g/mol. The number of fused-ring (bicyclic) bond motifs is 1. The normalized spacial score (nSPS) is 21.3. The molecular weight excluding hydrogens is 396 g/mol. The Kier molecular flexibility index (Phi) is 5.01. The number of imide groups is 1. The van der Waals surface area contributed by atoms with Crippen LogP contribution in [0.1, 0.15) is 32.3 Å². The van der Waals surface area contributed by atoms with E-state index in [-0.39, 0.29) is 5.70 Å². The maximum atomic E-state index is 12.0. The Labute approximate surface area is 180 Å². The highest BCUT2D eigenvalue weighted by Crippen LogP contribution is 2.29. The molecule has 3 aliphatic rings. The van der Waals surface area contributed by atoms with E-state index < -0.39 is 11.9 Å². The van der Waals surface area contributed by atoms with Crippen molar-refractivity contribution in [2.45, 2.75) is 32.7 Å². The first kappa shape index (κ1) is 19.8. The number of rotatable bonds is 6. The van der Waals surface area contributed by atoms with Gasteiger partial charge in [-0.1, -0.05) is 13.8 Å². The van der Waals surface area contributed by atoms with Gasteiger partial charge in [-0.05, 0) is 24.8 Å². The number of carbonyl (C=O) groups excluding carboxylic acids is 2. The summed E-state index contributed by atoms with van der Waals surface area (Å²) in [6.45, 7) is 9.48. The van der Waals surface area contributed by atoms with Gasteiger partial charge in [0.25, 0.3) is 5.91 Å². The molecule has 164 valence electrons. The fourth-order valence-electron chi connectivity index (χ4n) is 4.08. The van der Waals surface area contributed by atoms with Crippen molar-refractivity contribution in [1.29, 1.82) is 0 Å². The van der Waals surface area contributed by atoms with E-state index in [1.807, 2.05) is 0 Å². The molecular formula is C21H28N8O2. The Morgan fingerprint density at radius 2 is 1.97 bits per heavy atom. The molecule has 5 rings (SSSR count). The largest absolute Gasteiger partial charge is 0.367 e. The summed E-state index contributed by atoms with van der Waals surface area (Å²) in [5.74, 6) is 2.01. The second kappa shape index (κ2) is 7.84. The van der Waals surface area contributed by atoms with Crippen LogP contribution in [0.15, 0.2) is 18.0 Å². The Morgan fingerprint density at radius 3 is 2.61 bits per heavy atom. The monoisotopic (exact) mass is 424 g/mol. The van der Waals surface area contributed by atoms with E-state index in [0.29, 0.717) is 23.2 Å².